The molecule has 1 aromatic rings. The number of aliphatic carboxylic acids is 1. The van der Waals surface area contributed by atoms with Crippen molar-refractivity contribution in [2.45, 2.75) is 50.9 Å². The quantitative estimate of drug-likeness (QED) is 0.810. The minimum Gasteiger partial charge on any atom is -0.481 e. The zero-order chi connectivity index (χ0) is 13.2. The molecule has 0 atom stereocenters. The van der Waals surface area contributed by atoms with Crippen LogP contribution < -0.4 is 0 Å². The highest BCUT2D eigenvalue weighted by Crippen LogP contribution is 2.40. The summed E-state index contributed by atoms with van der Waals surface area (Å²) >= 11 is 0. The summed E-state index contributed by atoms with van der Waals surface area (Å²) in [6.45, 7) is 1.68. The molecule has 1 aliphatic carbocycles. The Kier molecular flexibility index (Phi) is 3.69. The van der Waals surface area contributed by atoms with Crippen molar-refractivity contribution in [3.05, 3.63) is 35.1 Å². The maximum Gasteiger partial charge on any atom is 0.314 e. The van der Waals surface area contributed by atoms with E-state index < -0.39 is 11.4 Å². The number of benzene rings is 1. The van der Waals surface area contributed by atoms with Gasteiger partial charge in [-0.3, -0.25) is 4.79 Å². The second-order valence-corrected chi connectivity index (χ2v) is 5.21. The number of carboxylic acids is 1. The van der Waals surface area contributed by atoms with E-state index >= 15 is 0 Å². The molecule has 0 unspecified atom stereocenters. The maximum atomic E-state index is 13.7. The lowest BCUT2D eigenvalue weighted by Crippen LogP contribution is -2.36. The highest BCUT2D eigenvalue weighted by molar-refractivity contribution is 5.82. The molecule has 0 aromatic heterocycles. The molecule has 18 heavy (non-hydrogen) atoms. The molecule has 0 amide bonds. The van der Waals surface area contributed by atoms with Crippen molar-refractivity contribution >= 4 is 5.97 Å². The van der Waals surface area contributed by atoms with Crippen LogP contribution in [0.15, 0.2) is 18.2 Å². The van der Waals surface area contributed by atoms with Gasteiger partial charge in [-0.1, -0.05) is 37.8 Å². The van der Waals surface area contributed by atoms with Gasteiger partial charge in [0.25, 0.3) is 0 Å². The number of hydrogen-bond donors (Lipinski definition) is 1. The molecule has 0 heterocycles. The Labute approximate surface area is 107 Å². The highest BCUT2D eigenvalue weighted by Gasteiger charge is 2.41. The smallest absolute Gasteiger partial charge is 0.314 e. The largest absolute Gasteiger partial charge is 0.481 e. The van der Waals surface area contributed by atoms with E-state index in [1.165, 1.54) is 6.07 Å². The Morgan fingerprint density at radius 1 is 1.22 bits per heavy atom. The van der Waals surface area contributed by atoms with E-state index in [0.717, 1.165) is 25.7 Å². The van der Waals surface area contributed by atoms with Gasteiger partial charge in [0, 0.05) is 0 Å². The maximum absolute atomic E-state index is 13.7. The number of carboxylic acid groups (broad SMARTS) is 1. The Hall–Kier alpha value is -1.38. The monoisotopic (exact) mass is 250 g/mol. The lowest BCUT2D eigenvalue weighted by Gasteiger charge is -2.30. The molecule has 98 valence electrons. The second kappa shape index (κ2) is 5.09. The second-order valence-electron chi connectivity index (χ2n) is 5.21. The fourth-order valence-corrected chi connectivity index (χ4v) is 3.06. The summed E-state index contributed by atoms with van der Waals surface area (Å²) in [5.41, 5.74) is 0.265. The number of rotatable bonds is 2. The van der Waals surface area contributed by atoms with E-state index in [2.05, 4.69) is 0 Å². The minimum atomic E-state index is -0.886. The van der Waals surface area contributed by atoms with E-state index in [9.17, 15) is 14.3 Å². The summed E-state index contributed by atoms with van der Waals surface area (Å²) in [4.78, 5) is 11.8. The Bertz CT molecular complexity index is 446. The first-order chi connectivity index (χ1) is 8.58. The van der Waals surface area contributed by atoms with Gasteiger partial charge in [0.15, 0.2) is 0 Å². The molecule has 1 fully saturated rings. The van der Waals surface area contributed by atoms with Crippen LogP contribution in [0.1, 0.15) is 49.7 Å². The van der Waals surface area contributed by atoms with E-state index in [0.29, 0.717) is 24.0 Å². The van der Waals surface area contributed by atoms with Crippen LogP contribution >= 0.6 is 0 Å². The summed E-state index contributed by atoms with van der Waals surface area (Å²) in [5.74, 6) is -1.12. The fraction of sp³-hybridized carbons (Fsp3) is 0.533. The van der Waals surface area contributed by atoms with Gasteiger partial charge in [-0.2, -0.15) is 0 Å². The Morgan fingerprint density at radius 3 is 2.39 bits per heavy atom. The van der Waals surface area contributed by atoms with Crippen molar-refractivity contribution in [3.63, 3.8) is 0 Å². The summed E-state index contributed by atoms with van der Waals surface area (Å²) in [7, 11) is 0. The molecule has 1 aromatic carbocycles. The van der Waals surface area contributed by atoms with Gasteiger partial charge >= 0.3 is 5.97 Å². The van der Waals surface area contributed by atoms with Crippen LogP contribution in [0.5, 0.6) is 0 Å². The molecule has 1 N–H and O–H groups in total. The number of carbonyl (C=O) groups is 1. The van der Waals surface area contributed by atoms with Gasteiger partial charge in [0.1, 0.15) is 5.82 Å². The number of halogens is 1. The molecule has 0 saturated heterocycles. The van der Waals surface area contributed by atoms with E-state index in [4.69, 9.17) is 0 Å². The Balaban J connectivity index is 2.52. The minimum absolute atomic E-state index is 0.308. The average molecular weight is 250 g/mol. The third-order valence-electron chi connectivity index (χ3n) is 4.15. The third-order valence-corrected chi connectivity index (χ3v) is 4.15. The van der Waals surface area contributed by atoms with Crippen molar-refractivity contribution in [2.75, 3.05) is 0 Å². The van der Waals surface area contributed by atoms with Gasteiger partial charge in [-0.15, -0.1) is 0 Å². The van der Waals surface area contributed by atoms with Gasteiger partial charge in [0.05, 0.1) is 5.41 Å². The van der Waals surface area contributed by atoms with Crippen molar-refractivity contribution in [2.24, 2.45) is 0 Å². The topological polar surface area (TPSA) is 37.3 Å². The molecule has 0 aliphatic heterocycles. The van der Waals surface area contributed by atoms with Crippen molar-refractivity contribution in [1.29, 1.82) is 0 Å². The molecule has 0 radical (unpaired) electrons. The predicted molar refractivity (Wildman–Crippen MR) is 68.2 cm³/mol. The molecule has 3 heteroatoms. The van der Waals surface area contributed by atoms with Crippen molar-refractivity contribution in [3.8, 4) is 0 Å². The molecular formula is C15H19FO2. The van der Waals surface area contributed by atoms with Gasteiger partial charge in [-0.25, -0.2) is 4.39 Å². The van der Waals surface area contributed by atoms with Gasteiger partial charge in [-0.05, 0) is 37.0 Å². The average Bonchev–Trinajstić information content (AvgIpc) is 2.59. The zero-order valence-corrected chi connectivity index (χ0v) is 10.7. The molecule has 0 bridgehead atoms. The molecule has 0 spiro atoms. The lowest BCUT2D eigenvalue weighted by molar-refractivity contribution is -0.144. The number of hydrogen-bond acceptors (Lipinski definition) is 1. The molecule has 2 nitrogen and oxygen atoms in total. The van der Waals surface area contributed by atoms with Crippen LogP contribution in [-0.4, -0.2) is 11.1 Å². The van der Waals surface area contributed by atoms with Gasteiger partial charge in [0.2, 0.25) is 0 Å². The van der Waals surface area contributed by atoms with Crippen LogP contribution in [0.2, 0.25) is 0 Å². The van der Waals surface area contributed by atoms with E-state index in [1.54, 1.807) is 19.1 Å². The highest BCUT2D eigenvalue weighted by atomic mass is 19.1. The molecular weight excluding hydrogens is 231 g/mol. The van der Waals surface area contributed by atoms with E-state index in [1.807, 2.05) is 0 Å². The summed E-state index contributed by atoms with van der Waals surface area (Å²) in [5, 5.41) is 9.66. The van der Waals surface area contributed by atoms with Crippen LogP contribution in [0, 0.1) is 12.7 Å². The molecule has 1 aliphatic rings. The fourth-order valence-electron chi connectivity index (χ4n) is 3.06. The van der Waals surface area contributed by atoms with Crippen molar-refractivity contribution < 1.29 is 14.3 Å². The van der Waals surface area contributed by atoms with Gasteiger partial charge < -0.3 is 5.11 Å². The van der Waals surface area contributed by atoms with Crippen LogP contribution in [0.4, 0.5) is 4.39 Å². The molecule has 2 rings (SSSR count). The Morgan fingerprint density at radius 2 is 1.83 bits per heavy atom. The summed E-state index contributed by atoms with van der Waals surface area (Å²) in [6, 6.07) is 4.79. The normalized spacial score (nSPS) is 19.2. The standard InChI is InChI=1S/C15H19FO2/c1-11-12(7-6-8-13(11)16)15(14(17)18)9-4-2-3-5-10-15/h6-8H,2-5,9-10H2,1H3,(H,17,18). The first-order valence-electron chi connectivity index (χ1n) is 6.57. The molecule has 1 saturated carbocycles. The SMILES string of the molecule is Cc1c(F)cccc1C1(C(=O)O)CCCCCC1. The summed E-state index contributed by atoms with van der Waals surface area (Å²) in [6.07, 6.45) is 5.19. The van der Waals surface area contributed by atoms with E-state index in [-0.39, 0.29) is 5.82 Å². The first kappa shape index (κ1) is 13.1. The summed E-state index contributed by atoms with van der Waals surface area (Å²) < 4.78 is 13.7. The van der Waals surface area contributed by atoms with Crippen LogP contribution in [-0.2, 0) is 10.2 Å². The third kappa shape index (κ3) is 2.14. The van der Waals surface area contributed by atoms with Crippen LogP contribution in [0.25, 0.3) is 0 Å². The van der Waals surface area contributed by atoms with Crippen LogP contribution in [0.3, 0.4) is 0 Å². The van der Waals surface area contributed by atoms with Crippen molar-refractivity contribution in [1.82, 2.24) is 0 Å². The zero-order valence-electron chi connectivity index (χ0n) is 10.7. The lowest BCUT2D eigenvalue weighted by atomic mass is 9.72. The first-order valence-corrected chi connectivity index (χ1v) is 6.57. The predicted octanol–water partition coefficient (Wildman–Crippen LogP) is 3.81.